The average Bonchev–Trinajstić information content (AvgIpc) is 1.59. The molecule has 0 saturated heterocycles. The Hall–Kier alpha value is -0.610. The first kappa shape index (κ1) is 6.51. The van der Waals surface area contributed by atoms with Crippen LogP contribution < -0.4 is 5.11 Å². The molecule has 0 radical (unpaired) electrons. The lowest BCUT2D eigenvalue weighted by atomic mass is 11.0. The van der Waals surface area contributed by atoms with Gasteiger partial charge in [0.2, 0.25) is 10.6 Å². The molecule has 0 bridgehead atoms. The van der Waals surface area contributed by atoms with Crippen molar-refractivity contribution < 1.29 is 5.11 Å². The number of nitrogens with zero attached hydrogens (tertiary/aromatic N) is 3. The summed E-state index contributed by atoms with van der Waals surface area (Å²) in [6.07, 6.45) is 0. The number of rotatable bonds is 0. The second kappa shape index (κ2) is 2.33. The maximum absolute atomic E-state index is 10.3. The molecule has 1 rings (SSSR count). The number of hydrogen-bond acceptors (Lipinski definition) is 4. The minimum atomic E-state index is -0.722. The number of hydrogen-bond donors (Lipinski definition) is 0. The molecule has 48 valence electrons. The summed E-state index contributed by atoms with van der Waals surface area (Å²) >= 11 is 10.4. The predicted molar refractivity (Wildman–Crippen MR) is 29.3 cm³/mol. The van der Waals surface area contributed by atoms with Crippen molar-refractivity contribution in [1.82, 2.24) is 15.0 Å². The molecule has 0 aliphatic heterocycles. The van der Waals surface area contributed by atoms with E-state index < -0.39 is 6.01 Å². The van der Waals surface area contributed by atoms with Crippen molar-refractivity contribution in [2.45, 2.75) is 0 Å². The molecule has 1 aromatic rings. The van der Waals surface area contributed by atoms with Crippen molar-refractivity contribution in [3.63, 3.8) is 0 Å². The summed E-state index contributed by atoms with van der Waals surface area (Å²) in [6, 6.07) is -0.722. The Morgan fingerprint density at radius 3 is 1.78 bits per heavy atom. The number of aromatic nitrogens is 3. The summed E-state index contributed by atoms with van der Waals surface area (Å²) in [4.78, 5) is 9.62. The molecule has 0 aliphatic carbocycles. The van der Waals surface area contributed by atoms with Crippen LogP contribution in [0.1, 0.15) is 0 Å². The minimum Gasteiger partial charge on any atom is -0.844 e. The van der Waals surface area contributed by atoms with E-state index >= 15 is 0 Å². The molecule has 0 atom stereocenters. The van der Waals surface area contributed by atoms with Crippen molar-refractivity contribution >= 4 is 23.2 Å². The van der Waals surface area contributed by atoms with Gasteiger partial charge in [-0.1, -0.05) is 0 Å². The fraction of sp³-hybridized carbons (Fsp3) is 0. The Morgan fingerprint density at radius 1 is 1.00 bits per heavy atom. The highest BCUT2D eigenvalue weighted by Crippen LogP contribution is 2.06. The van der Waals surface area contributed by atoms with Gasteiger partial charge in [0.05, 0.1) is 6.01 Å². The summed E-state index contributed by atoms with van der Waals surface area (Å²) in [5, 5.41) is 9.92. The minimum absolute atomic E-state index is 0.181. The molecule has 1 heterocycles. The van der Waals surface area contributed by atoms with Crippen LogP contribution in [0.3, 0.4) is 0 Å². The summed E-state index contributed by atoms with van der Waals surface area (Å²) in [5.74, 6) is 0. The molecule has 9 heavy (non-hydrogen) atoms. The SMILES string of the molecule is [O-]c1nc(Cl)nc(Cl)n1. The van der Waals surface area contributed by atoms with Crippen molar-refractivity contribution in [3.05, 3.63) is 10.6 Å². The maximum atomic E-state index is 10.3. The smallest absolute Gasteiger partial charge is 0.226 e. The van der Waals surface area contributed by atoms with Gasteiger partial charge in [-0.3, -0.25) is 0 Å². The topological polar surface area (TPSA) is 61.7 Å². The Kier molecular flexibility index (Phi) is 1.68. The molecule has 0 spiro atoms. The molecule has 0 saturated carbocycles. The van der Waals surface area contributed by atoms with Gasteiger partial charge in [0.1, 0.15) is 0 Å². The van der Waals surface area contributed by atoms with Gasteiger partial charge < -0.3 is 5.11 Å². The van der Waals surface area contributed by atoms with E-state index in [4.69, 9.17) is 23.2 Å². The Balaban J connectivity index is 3.17. The van der Waals surface area contributed by atoms with Crippen LogP contribution in [0.15, 0.2) is 0 Å². The molecule has 0 N–H and O–H groups in total. The molecule has 1 aromatic heterocycles. The van der Waals surface area contributed by atoms with Crippen molar-refractivity contribution in [2.75, 3.05) is 0 Å². The standard InChI is InChI=1S/C3HCl2N3O/c4-1-6-2(5)8-3(9)7-1/h(H,6,7,8,9)/p-1. The van der Waals surface area contributed by atoms with Crippen LogP contribution in [0.2, 0.25) is 10.6 Å². The van der Waals surface area contributed by atoms with Crippen LogP contribution in [-0.4, -0.2) is 15.0 Å². The monoisotopic (exact) mass is 164 g/mol. The van der Waals surface area contributed by atoms with Gasteiger partial charge in [0, 0.05) is 0 Å². The molecule has 0 amide bonds. The average molecular weight is 165 g/mol. The quantitative estimate of drug-likeness (QED) is 0.552. The molecular weight excluding hydrogens is 165 g/mol. The summed E-state index contributed by atoms with van der Waals surface area (Å²) in [6.45, 7) is 0. The molecule has 0 fully saturated rings. The third kappa shape index (κ3) is 1.65. The van der Waals surface area contributed by atoms with E-state index in [1.165, 1.54) is 0 Å². The van der Waals surface area contributed by atoms with E-state index in [9.17, 15) is 5.11 Å². The van der Waals surface area contributed by atoms with E-state index in [0.29, 0.717) is 0 Å². The summed E-state index contributed by atoms with van der Waals surface area (Å²) < 4.78 is 0. The normalized spacial score (nSPS) is 9.56. The second-order valence-corrected chi connectivity index (χ2v) is 1.83. The van der Waals surface area contributed by atoms with Crippen LogP contribution >= 0.6 is 23.2 Å². The first-order valence-electron chi connectivity index (χ1n) is 1.92. The zero-order chi connectivity index (χ0) is 6.85. The van der Waals surface area contributed by atoms with Gasteiger partial charge in [-0.15, -0.1) is 0 Å². The third-order valence-electron chi connectivity index (χ3n) is 0.560. The molecule has 0 aliphatic rings. The third-order valence-corrected chi connectivity index (χ3v) is 0.898. The van der Waals surface area contributed by atoms with Gasteiger partial charge in [0.25, 0.3) is 0 Å². The summed E-state index contributed by atoms with van der Waals surface area (Å²) in [7, 11) is 0. The van der Waals surface area contributed by atoms with Gasteiger partial charge in [-0.05, 0) is 23.2 Å². The van der Waals surface area contributed by atoms with E-state index in [0.717, 1.165) is 0 Å². The fourth-order valence-electron chi connectivity index (χ4n) is 0.309. The fourth-order valence-corrected chi connectivity index (χ4v) is 0.657. The van der Waals surface area contributed by atoms with Crippen LogP contribution in [0.4, 0.5) is 0 Å². The molecule has 4 nitrogen and oxygen atoms in total. The number of halogens is 2. The van der Waals surface area contributed by atoms with E-state index in [-0.39, 0.29) is 10.6 Å². The lowest BCUT2D eigenvalue weighted by molar-refractivity contribution is -0.281. The van der Waals surface area contributed by atoms with Crippen LogP contribution in [-0.2, 0) is 0 Å². The first-order valence-corrected chi connectivity index (χ1v) is 2.68. The van der Waals surface area contributed by atoms with Crippen molar-refractivity contribution in [3.8, 4) is 6.01 Å². The van der Waals surface area contributed by atoms with Gasteiger partial charge in [0.15, 0.2) is 0 Å². The Labute approximate surface area is 60.5 Å². The van der Waals surface area contributed by atoms with Crippen molar-refractivity contribution in [2.24, 2.45) is 0 Å². The highest BCUT2D eigenvalue weighted by molar-refractivity contribution is 6.31. The first-order chi connectivity index (χ1) is 4.18. The van der Waals surface area contributed by atoms with Crippen LogP contribution in [0.25, 0.3) is 0 Å². The van der Waals surface area contributed by atoms with E-state index in [1.807, 2.05) is 0 Å². The highest BCUT2D eigenvalue weighted by Gasteiger charge is 1.92. The van der Waals surface area contributed by atoms with E-state index in [2.05, 4.69) is 15.0 Å². The highest BCUT2D eigenvalue weighted by atomic mass is 35.5. The van der Waals surface area contributed by atoms with Crippen molar-refractivity contribution in [1.29, 1.82) is 0 Å². The van der Waals surface area contributed by atoms with Gasteiger partial charge in [-0.2, -0.15) is 4.98 Å². The molecule has 0 unspecified atom stereocenters. The molecular formula is C3Cl2N3O-. The Morgan fingerprint density at radius 2 is 1.44 bits per heavy atom. The lowest BCUT2D eigenvalue weighted by Crippen LogP contribution is -1.99. The van der Waals surface area contributed by atoms with Gasteiger partial charge >= 0.3 is 0 Å². The zero-order valence-electron chi connectivity index (χ0n) is 4.01. The zero-order valence-corrected chi connectivity index (χ0v) is 5.52. The molecule has 0 aromatic carbocycles. The van der Waals surface area contributed by atoms with Gasteiger partial charge in [-0.25, -0.2) is 9.97 Å². The van der Waals surface area contributed by atoms with Crippen LogP contribution in [0, 0.1) is 0 Å². The maximum Gasteiger partial charge on any atom is 0.226 e. The largest absolute Gasteiger partial charge is 0.844 e. The lowest BCUT2D eigenvalue weighted by Gasteiger charge is -1.99. The predicted octanol–water partition coefficient (Wildman–Crippen LogP) is 0.252. The van der Waals surface area contributed by atoms with Crippen LogP contribution in [0.5, 0.6) is 6.01 Å². The summed E-state index contributed by atoms with van der Waals surface area (Å²) in [5.41, 5.74) is 0. The second-order valence-electron chi connectivity index (χ2n) is 1.16. The molecule has 6 heteroatoms. The van der Waals surface area contributed by atoms with E-state index in [1.54, 1.807) is 0 Å². The Bertz CT molecular complexity index is 178.